The largest absolute Gasteiger partial charge is 0.506 e. The van der Waals surface area contributed by atoms with Crippen LogP contribution in [0.25, 0.3) is 0 Å². The number of phenolic OH excluding ortho intramolecular Hbond substituents is 1. The van der Waals surface area contributed by atoms with E-state index < -0.39 is 33.8 Å². The number of rotatable bonds is 13. The number of aryl methyl sites for hydroxylation is 1. The lowest BCUT2D eigenvalue weighted by Gasteiger charge is -2.27. The molecule has 1 unspecified atom stereocenters. The van der Waals surface area contributed by atoms with Crippen LogP contribution in [0.3, 0.4) is 0 Å². The highest BCUT2D eigenvalue weighted by Gasteiger charge is 2.45. The number of hydrogen-bond donors (Lipinski definition) is 4. The van der Waals surface area contributed by atoms with Crippen LogP contribution < -0.4 is 5.32 Å². The molecule has 194 valence electrons. The summed E-state index contributed by atoms with van der Waals surface area (Å²) >= 11 is 1.61. The average Bonchev–Trinajstić information content (AvgIpc) is 2.75. The first kappa shape index (κ1) is 29.4. The normalized spacial score (nSPS) is 13.9. The zero-order valence-electron chi connectivity index (χ0n) is 19.5. The van der Waals surface area contributed by atoms with Crippen LogP contribution in [0.1, 0.15) is 36.5 Å². The molecule has 0 aromatic heterocycles. The van der Waals surface area contributed by atoms with Crippen LogP contribution in [0, 0.1) is 6.92 Å². The monoisotopic (exact) mass is 549 g/mol. The fourth-order valence-electron chi connectivity index (χ4n) is 3.16. The first-order valence-electron chi connectivity index (χ1n) is 10.6. The van der Waals surface area contributed by atoms with Gasteiger partial charge in [-0.2, -0.15) is 29.0 Å². The minimum atomic E-state index is -4.57. The number of thioether (sulfide) groups is 1. The van der Waals surface area contributed by atoms with Crippen molar-refractivity contribution in [3.63, 3.8) is 0 Å². The summed E-state index contributed by atoms with van der Waals surface area (Å²) in [7, 11) is -8.69. The van der Waals surface area contributed by atoms with Gasteiger partial charge in [0.1, 0.15) is 10.6 Å². The van der Waals surface area contributed by atoms with Gasteiger partial charge in [-0.15, -0.1) is 0 Å². The van der Waals surface area contributed by atoms with Gasteiger partial charge >= 0.3 is 5.66 Å². The highest BCUT2D eigenvalue weighted by Crippen LogP contribution is 2.62. The van der Waals surface area contributed by atoms with Gasteiger partial charge in [-0.3, -0.25) is 4.55 Å². The van der Waals surface area contributed by atoms with E-state index in [9.17, 15) is 31.8 Å². The fraction of sp³-hybridized carbons (Fsp3) is 0.348. The Labute approximate surface area is 209 Å². The number of anilines is 1. The molecule has 0 radical (unpaired) electrons. The van der Waals surface area contributed by atoms with Gasteiger partial charge in [0.25, 0.3) is 10.1 Å². The minimum absolute atomic E-state index is 0.0553. The van der Waals surface area contributed by atoms with E-state index in [0.717, 1.165) is 23.8 Å². The number of hydrogen-bond acceptors (Lipinski definition) is 7. The van der Waals surface area contributed by atoms with Crippen molar-refractivity contribution in [2.75, 3.05) is 17.7 Å². The quantitative estimate of drug-likeness (QED) is 0.105. The maximum atomic E-state index is 14.5. The summed E-state index contributed by atoms with van der Waals surface area (Å²) in [4.78, 5) is 9.36. The van der Waals surface area contributed by atoms with Gasteiger partial charge in [0.15, 0.2) is 7.34 Å². The van der Waals surface area contributed by atoms with E-state index in [1.165, 1.54) is 26.0 Å². The van der Waals surface area contributed by atoms with Crippen molar-refractivity contribution in [1.29, 1.82) is 0 Å². The molecular weight excluding hydrogens is 519 g/mol. The number of halogens is 2. The van der Waals surface area contributed by atoms with E-state index >= 15 is 0 Å². The molecule has 0 aliphatic rings. The molecule has 0 saturated heterocycles. The van der Waals surface area contributed by atoms with Gasteiger partial charge < -0.3 is 19.8 Å². The molecule has 0 aliphatic heterocycles. The second kappa shape index (κ2) is 11.9. The van der Waals surface area contributed by atoms with Crippen LogP contribution in [0.5, 0.6) is 5.75 Å². The lowest BCUT2D eigenvalue weighted by Crippen LogP contribution is -2.16. The second-order valence-electron chi connectivity index (χ2n) is 7.86. The third kappa shape index (κ3) is 7.80. The maximum Gasteiger partial charge on any atom is 0.334 e. The molecule has 2 aromatic carbocycles. The van der Waals surface area contributed by atoms with Crippen molar-refractivity contribution in [2.24, 2.45) is 0 Å². The summed E-state index contributed by atoms with van der Waals surface area (Å²) in [5.74, 6) is 0.864. The molecule has 2 rings (SSSR count). The molecule has 0 saturated carbocycles. The fourth-order valence-corrected chi connectivity index (χ4v) is 5.90. The summed E-state index contributed by atoms with van der Waals surface area (Å²) in [5.41, 5.74) is -1.75. The Hall–Kier alpha value is -1.88. The van der Waals surface area contributed by atoms with E-state index in [-0.39, 0.29) is 17.7 Å². The SMILES string of the molecule is C=C(CCCSCc1ccc(C(F)(F)P(=C)(O)OCC)cc1)Nc1cc(C)c(O)c(S(=O)(=O)O)c1. The number of alkyl halides is 2. The Morgan fingerprint density at radius 2 is 1.89 bits per heavy atom. The van der Waals surface area contributed by atoms with E-state index in [1.54, 1.807) is 30.0 Å². The Balaban J connectivity index is 1.83. The molecule has 35 heavy (non-hydrogen) atoms. The Morgan fingerprint density at radius 3 is 2.46 bits per heavy atom. The van der Waals surface area contributed by atoms with E-state index in [4.69, 9.17) is 4.52 Å². The molecular formula is C23H30F2NO6PS2. The molecule has 12 heteroatoms. The van der Waals surface area contributed by atoms with Crippen molar-refractivity contribution >= 4 is 41.2 Å². The number of aromatic hydroxyl groups is 1. The molecule has 1 atom stereocenters. The topological polar surface area (TPSA) is 116 Å². The Kier molecular flexibility index (Phi) is 9.98. The predicted molar refractivity (Wildman–Crippen MR) is 139 cm³/mol. The van der Waals surface area contributed by atoms with Crippen LogP contribution >= 0.6 is 19.1 Å². The maximum absolute atomic E-state index is 14.5. The molecule has 2 aromatic rings. The molecule has 0 spiro atoms. The van der Waals surface area contributed by atoms with Crippen molar-refractivity contribution < 1.29 is 36.3 Å². The number of nitrogens with one attached hydrogen (secondary N) is 1. The third-order valence-electron chi connectivity index (χ3n) is 4.98. The average molecular weight is 550 g/mol. The van der Waals surface area contributed by atoms with Crippen LogP contribution in [-0.4, -0.2) is 41.6 Å². The van der Waals surface area contributed by atoms with Crippen molar-refractivity contribution in [2.45, 2.75) is 43.0 Å². The first-order valence-corrected chi connectivity index (χ1v) is 15.0. The highest BCUT2D eigenvalue weighted by atomic mass is 32.2. The van der Waals surface area contributed by atoms with Crippen molar-refractivity contribution in [3.05, 3.63) is 65.4 Å². The smallest absolute Gasteiger partial charge is 0.334 e. The summed E-state index contributed by atoms with van der Waals surface area (Å²) < 4.78 is 65.9. The standard InChI is InChI=1S/C23H30F2NO6PS2/c1-5-32-33(4,28)23(24,25)19-10-8-18(9-11-19)15-34-12-6-7-17(3)26-20-13-16(2)22(27)21(14-20)35(29,30)31/h8-11,13-14,26-28H,3-7,12,15H2,1-2H3,(H,29,30,31). The molecule has 0 heterocycles. The molecule has 4 N–H and O–H groups in total. The number of benzene rings is 2. The van der Waals surface area contributed by atoms with E-state index in [2.05, 4.69) is 18.2 Å². The lowest BCUT2D eigenvalue weighted by atomic mass is 10.1. The zero-order valence-corrected chi connectivity index (χ0v) is 22.0. The van der Waals surface area contributed by atoms with E-state index in [0.29, 0.717) is 23.6 Å². The molecule has 0 bridgehead atoms. The van der Waals surface area contributed by atoms with Gasteiger partial charge in [0.2, 0.25) is 0 Å². The van der Waals surface area contributed by atoms with E-state index in [1.807, 2.05) is 0 Å². The van der Waals surface area contributed by atoms with Crippen molar-refractivity contribution in [3.8, 4) is 5.75 Å². The first-order chi connectivity index (χ1) is 16.2. The number of allylic oxidation sites excluding steroid dienone is 1. The van der Waals surface area contributed by atoms with Crippen LogP contribution in [0.2, 0.25) is 0 Å². The summed E-state index contributed by atoms with van der Waals surface area (Å²) in [5, 5.41) is 12.8. The molecule has 7 nitrogen and oxygen atoms in total. The van der Waals surface area contributed by atoms with Crippen LogP contribution in [0.15, 0.2) is 53.6 Å². The minimum Gasteiger partial charge on any atom is -0.506 e. The van der Waals surface area contributed by atoms with Crippen LogP contribution in [-0.2, 0) is 26.1 Å². The number of phenols is 1. The summed E-state index contributed by atoms with van der Waals surface area (Å²) in [6.07, 6.45) is 4.53. The van der Waals surface area contributed by atoms with Gasteiger partial charge in [0, 0.05) is 22.7 Å². The molecule has 0 fully saturated rings. The van der Waals surface area contributed by atoms with Gasteiger partial charge in [-0.05, 0) is 62.0 Å². The zero-order chi connectivity index (χ0) is 26.4. The molecule has 0 aliphatic carbocycles. The summed E-state index contributed by atoms with van der Waals surface area (Å²) in [6, 6.07) is 8.40. The lowest BCUT2D eigenvalue weighted by molar-refractivity contribution is 0.0634. The Morgan fingerprint density at radius 1 is 1.26 bits per heavy atom. The van der Waals surface area contributed by atoms with Gasteiger partial charge in [-0.1, -0.05) is 30.8 Å². The van der Waals surface area contributed by atoms with Gasteiger partial charge in [-0.25, -0.2) is 0 Å². The predicted octanol–water partition coefficient (Wildman–Crippen LogP) is 5.94. The molecule has 0 amide bonds. The summed E-state index contributed by atoms with van der Waals surface area (Å²) in [6.45, 7) is 6.90. The third-order valence-corrected chi connectivity index (χ3v) is 8.79. The van der Waals surface area contributed by atoms with Crippen LogP contribution in [0.4, 0.5) is 14.5 Å². The highest BCUT2D eigenvalue weighted by molar-refractivity contribution is 7.98. The second-order valence-corrected chi connectivity index (χ2v) is 12.6. The van der Waals surface area contributed by atoms with Crippen molar-refractivity contribution in [1.82, 2.24) is 0 Å². The Bertz CT molecular complexity index is 1200. The van der Waals surface area contributed by atoms with Gasteiger partial charge in [0.05, 0.1) is 6.61 Å².